The van der Waals surface area contributed by atoms with Gasteiger partial charge in [-0.15, -0.1) is 34.2 Å². The third-order valence-corrected chi connectivity index (χ3v) is 5.05. The van der Waals surface area contributed by atoms with E-state index in [9.17, 15) is 4.79 Å². The zero-order valence-electron chi connectivity index (χ0n) is 15.9. The number of nitrogens with one attached hydrogen (secondary N) is 2. The first-order valence-electron chi connectivity index (χ1n) is 9.24. The predicted octanol–water partition coefficient (Wildman–Crippen LogP) is 0.943. The number of likely N-dealkylation sites (N-methyl/N-ethyl adjacent to an activating group) is 1. The Bertz CT molecular complexity index is 645. The van der Waals surface area contributed by atoms with Crippen LogP contribution in [-0.2, 0) is 17.8 Å². The van der Waals surface area contributed by atoms with Crippen molar-refractivity contribution >= 4 is 35.8 Å². The maximum Gasteiger partial charge on any atom is 0.222 e. The summed E-state index contributed by atoms with van der Waals surface area (Å²) in [6.45, 7) is 7.37. The topological polar surface area (TPSA) is 87.4 Å². The molecular weight excluding hydrogens is 445 g/mol. The van der Waals surface area contributed by atoms with Crippen molar-refractivity contribution in [3.8, 4) is 0 Å². The second-order valence-electron chi connectivity index (χ2n) is 7.05. The van der Waals surface area contributed by atoms with Crippen LogP contribution in [0.4, 0.5) is 0 Å². The minimum atomic E-state index is 0. The van der Waals surface area contributed by atoms with Crippen LogP contribution in [0.2, 0.25) is 0 Å². The van der Waals surface area contributed by atoms with Gasteiger partial charge in [0.2, 0.25) is 5.91 Å². The molecule has 9 heteroatoms. The number of halogens is 1. The van der Waals surface area contributed by atoms with Crippen LogP contribution < -0.4 is 10.6 Å². The summed E-state index contributed by atoms with van der Waals surface area (Å²) in [6, 6.07) is 0.263. The van der Waals surface area contributed by atoms with Gasteiger partial charge < -0.3 is 20.1 Å². The number of hydrogen-bond donors (Lipinski definition) is 2. The molecule has 3 heterocycles. The first-order chi connectivity index (χ1) is 12.1. The van der Waals surface area contributed by atoms with Crippen molar-refractivity contribution in [2.45, 2.75) is 52.1 Å². The zero-order chi connectivity index (χ0) is 17.8. The summed E-state index contributed by atoms with van der Waals surface area (Å²) in [6.07, 6.45) is 3.54. The van der Waals surface area contributed by atoms with Gasteiger partial charge in [0, 0.05) is 52.1 Å². The Kier molecular flexibility index (Phi) is 7.66. The Hall–Kier alpha value is -1.39. The molecule has 0 saturated carbocycles. The second-order valence-corrected chi connectivity index (χ2v) is 7.05. The highest BCUT2D eigenvalue weighted by Crippen LogP contribution is 2.20. The van der Waals surface area contributed by atoms with Crippen LogP contribution in [0.15, 0.2) is 4.99 Å². The van der Waals surface area contributed by atoms with Crippen LogP contribution in [0.5, 0.6) is 0 Å². The molecule has 3 rings (SSSR count). The third-order valence-electron chi connectivity index (χ3n) is 5.05. The van der Waals surface area contributed by atoms with E-state index in [1.807, 2.05) is 14.0 Å². The van der Waals surface area contributed by atoms with Gasteiger partial charge in [0.15, 0.2) is 5.96 Å². The van der Waals surface area contributed by atoms with Gasteiger partial charge in [0.05, 0.1) is 0 Å². The number of rotatable bonds is 4. The largest absolute Gasteiger partial charge is 0.357 e. The number of aromatic nitrogens is 3. The van der Waals surface area contributed by atoms with Gasteiger partial charge in [-0.2, -0.15) is 0 Å². The number of likely N-dealkylation sites (tertiary alicyclic amines) is 1. The van der Waals surface area contributed by atoms with E-state index in [-0.39, 0.29) is 35.9 Å². The van der Waals surface area contributed by atoms with Crippen molar-refractivity contribution in [1.82, 2.24) is 30.3 Å². The van der Waals surface area contributed by atoms with Crippen LogP contribution in [-0.4, -0.2) is 64.3 Å². The van der Waals surface area contributed by atoms with Crippen molar-refractivity contribution in [3.05, 3.63) is 11.6 Å². The van der Waals surface area contributed by atoms with E-state index in [2.05, 4.69) is 32.3 Å². The predicted molar refractivity (Wildman–Crippen MR) is 112 cm³/mol. The second kappa shape index (κ2) is 9.52. The highest BCUT2D eigenvalue weighted by molar-refractivity contribution is 14.0. The van der Waals surface area contributed by atoms with Gasteiger partial charge in [0.1, 0.15) is 11.6 Å². The Morgan fingerprint density at radius 3 is 2.81 bits per heavy atom. The van der Waals surface area contributed by atoms with E-state index in [1.165, 1.54) is 0 Å². The van der Waals surface area contributed by atoms with Crippen LogP contribution in [0.1, 0.15) is 37.8 Å². The molecule has 0 bridgehead atoms. The lowest BCUT2D eigenvalue weighted by Gasteiger charge is -2.31. The molecule has 0 aliphatic carbocycles. The summed E-state index contributed by atoms with van der Waals surface area (Å²) in [5.41, 5.74) is 0. The van der Waals surface area contributed by atoms with E-state index in [4.69, 9.17) is 4.99 Å². The molecule has 2 unspecified atom stereocenters. The van der Waals surface area contributed by atoms with Crippen LogP contribution in [0.25, 0.3) is 0 Å². The summed E-state index contributed by atoms with van der Waals surface area (Å²) in [5, 5.41) is 15.2. The molecule has 0 aromatic carbocycles. The molecule has 8 nitrogen and oxygen atoms in total. The molecule has 1 aromatic heterocycles. The molecule has 26 heavy (non-hydrogen) atoms. The molecular formula is C17H30IN7O. The van der Waals surface area contributed by atoms with Crippen molar-refractivity contribution in [3.63, 3.8) is 0 Å². The number of carbonyl (C=O) groups excluding carboxylic acids is 1. The Morgan fingerprint density at radius 1 is 1.27 bits per heavy atom. The standard InChI is InChI=1S/C17H29N7O.HI/c1-4-18-17(20-14-6-8-16(25)23(3)11-14)19-9-13-5-7-15-22-21-12(2)24(15)10-13;/h13-14H,4-11H2,1-3H3,(H2,18,19,20);1H. The lowest BCUT2D eigenvalue weighted by atomic mass is 9.99. The number of fused-ring (bicyclic) bond motifs is 1. The fourth-order valence-corrected chi connectivity index (χ4v) is 3.54. The fraction of sp³-hybridized carbons (Fsp3) is 0.765. The average Bonchev–Trinajstić information content (AvgIpc) is 2.97. The third kappa shape index (κ3) is 5.08. The normalized spacial score (nSPS) is 23.3. The number of nitrogens with zero attached hydrogens (tertiary/aromatic N) is 5. The van der Waals surface area contributed by atoms with Crippen LogP contribution in [0.3, 0.4) is 0 Å². The minimum Gasteiger partial charge on any atom is -0.357 e. The number of carbonyl (C=O) groups is 1. The molecule has 1 saturated heterocycles. The highest BCUT2D eigenvalue weighted by atomic mass is 127. The lowest BCUT2D eigenvalue weighted by Crippen LogP contribution is -2.51. The molecule has 1 aromatic rings. The molecule has 2 aliphatic rings. The number of piperidine rings is 1. The average molecular weight is 475 g/mol. The van der Waals surface area contributed by atoms with Gasteiger partial charge in [0.25, 0.3) is 0 Å². The van der Waals surface area contributed by atoms with Gasteiger partial charge >= 0.3 is 0 Å². The van der Waals surface area contributed by atoms with E-state index in [1.54, 1.807) is 4.90 Å². The van der Waals surface area contributed by atoms with Crippen molar-refractivity contribution < 1.29 is 4.79 Å². The lowest BCUT2D eigenvalue weighted by molar-refractivity contribution is -0.132. The summed E-state index contributed by atoms with van der Waals surface area (Å²) >= 11 is 0. The first kappa shape index (κ1) is 20.9. The van der Waals surface area contributed by atoms with Gasteiger partial charge in [-0.1, -0.05) is 0 Å². The molecule has 0 radical (unpaired) electrons. The maximum atomic E-state index is 11.6. The van der Waals surface area contributed by atoms with Crippen LogP contribution >= 0.6 is 24.0 Å². The number of aliphatic imine (C=N–C) groups is 1. The maximum absolute atomic E-state index is 11.6. The van der Waals surface area contributed by atoms with E-state index < -0.39 is 0 Å². The minimum absolute atomic E-state index is 0. The van der Waals surface area contributed by atoms with E-state index in [0.29, 0.717) is 12.3 Å². The van der Waals surface area contributed by atoms with E-state index in [0.717, 1.165) is 63.0 Å². The number of guanidine groups is 1. The SMILES string of the molecule is CCNC(=NCC1CCc2nnc(C)n2C1)NC1CCC(=O)N(C)C1.I. The first-order valence-corrected chi connectivity index (χ1v) is 9.24. The summed E-state index contributed by atoms with van der Waals surface area (Å²) < 4.78 is 2.21. The Labute approximate surface area is 172 Å². The smallest absolute Gasteiger partial charge is 0.222 e. The van der Waals surface area contributed by atoms with Crippen molar-refractivity contribution in [2.75, 3.05) is 26.7 Å². The van der Waals surface area contributed by atoms with Gasteiger partial charge in [-0.3, -0.25) is 9.79 Å². The molecule has 2 aliphatic heterocycles. The number of hydrogen-bond acceptors (Lipinski definition) is 4. The van der Waals surface area contributed by atoms with Crippen molar-refractivity contribution in [1.29, 1.82) is 0 Å². The Morgan fingerprint density at radius 2 is 2.08 bits per heavy atom. The quantitative estimate of drug-likeness (QED) is 0.385. The zero-order valence-corrected chi connectivity index (χ0v) is 18.2. The summed E-state index contributed by atoms with van der Waals surface area (Å²) in [4.78, 5) is 18.2. The van der Waals surface area contributed by atoms with Gasteiger partial charge in [-0.05, 0) is 32.6 Å². The highest BCUT2D eigenvalue weighted by Gasteiger charge is 2.24. The van der Waals surface area contributed by atoms with Crippen LogP contribution in [0, 0.1) is 12.8 Å². The Balaban J connectivity index is 0.00000243. The molecule has 1 fully saturated rings. The molecule has 0 spiro atoms. The van der Waals surface area contributed by atoms with E-state index >= 15 is 0 Å². The summed E-state index contributed by atoms with van der Waals surface area (Å²) in [5.74, 6) is 3.67. The number of amides is 1. The summed E-state index contributed by atoms with van der Waals surface area (Å²) in [7, 11) is 1.86. The molecule has 1 amide bonds. The molecule has 146 valence electrons. The monoisotopic (exact) mass is 475 g/mol. The molecule has 2 atom stereocenters. The van der Waals surface area contributed by atoms with Gasteiger partial charge in [-0.25, -0.2) is 0 Å². The molecule has 2 N–H and O–H groups in total. The fourth-order valence-electron chi connectivity index (χ4n) is 3.54. The van der Waals surface area contributed by atoms with Crippen molar-refractivity contribution in [2.24, 2.45) is 10.9 Å². The number of aryl methyl sites for hydroxylation is 2.